The maximum absolute atomic E-state index is 13.3. The number of nitrogens with zero attached hydrogens (tertiary/aromatic N) is 3. The zero-order chi connectivity index (χ0) is 18.6. The van der Waals surface area contributed by atoms with Gasteiger partial charge >= 0.3 is 0 Å². The molecule has 0 radical (unpaired) electrons. The first kappa shape index (κ1) is 17.0. The van der Waals surface area contributed by atoms with Gasteiger partial charge in [-0.2, -0.15) is 5.10 Å². The minimum atomic E-state index is -0.702. The third-order valence-electron chi connectivity index (χ3n) is 4.29. The summed E-state index contributed by atoms with van der Waals surface area (Å²) < 4.78 is 15.1. The van der Waals surface area contributed by atoms with Crippen molar-refractivity contribution in [3.05, 3.63) is 83.9 Å². The van der Waals surface area contributed by atoms with E-state index in [4.69, 9.17) is 4.84 Å². The van der Waals surface area contributed by atoms with Crippen LogP contribution in [-0.2, 0) is 16.2 Å². The Morgan fingerprint density at radius 3 is 2.81 bits per heavy atom. The molecule has 7 heteroatoms. The molecule has 4 rings (SSSR count). The molecule has 2 heterocycles. The number of amides is 1. The van der Waals surface area contributed by atoms with E-state index in [0.717, 1.165) is 11.3 Å². The summed E-state index contributed by atoms with van der Waals surface area (Å²) in [7, 11) is 0. The molecule has 3 aromatic rings. The van der Waals surface area contributed by atoms with Gasteiger partial charge in [-0.05, 0) is 35.9 Å². The molecular weight excluding hydrogens is 347 g/mol. The molecule has 0 spiro atoms. The number of benzene rings is 2. The Hall–Kier alpha value is -3.48. The second kappa shape index (κ2) is 7.41. The largest absolute Gasteiger partial charge is 0.382 e. The summed E-state index contributed by atoms with van der Waals surface area (Å²) in [6.07, 6.45) is 3.19. The number of hydrogen-bond acceptors (Lipinski definition) is 4. The van der Waals surface area contributed by atoms with Crippen LogP contribution in [-0.4, -0.2) is 27.5 Å². The van der Waals surface area contributed by atoms with Gasteiger partial charge in [0.25, 0.3) is 5.91 Å². The van der Waals surface area contributed by atoms with Gasteiger partial charge in [-0.1, -0.05) is 29.4 Å². The summed E-state index contributed by atoms with van der Waals surface area (Å²) in [4.78, 5) is 17.5. The quantitative estimate of drug-likeness (QED) is 0.757. The molecule has 1 atom stereocenters. The van der Waals surface area contributed by atoms with E-state index in [-0.39, 0.29) is 11.7 Å². The second-order valence-corrected chi connectivity index (χ2v) is 6.18. The molecule has 0 unspecified atom stereocenters. The zero-order valence-electron chi connectivity index (χ0n) is 14.4. The highest BCUT2D eigenvalue weighted by molar-refractivity contribution is 6.04. The Morgan fingerprint density at radius 2 is 2.07 bits per heavy atom. The maximum atomic E-state index is 13.3. The van der Waals surface area contributed by atoms with Crippen molar-refractivity contribution in [3.63, 3.8) is 0 Å². The average Bonchev–Trinajstić information content (AvgIpc) is 3.38. The van der Waals surface area contributed by atoms with Crippen molar-refractivity contribution >= 4 is 11.6 Å². The van der Waals surface area contributed by atoms with Crippen molar-refractivity contribution in [3.8, 4) is 5.69 Å². The predicted molar refractivity (Wildman–Crippen MR) is 97.8 cm³/mol. The first-order valence-corrected chi connectivity index (χ1v) is 8.54. The molecule has 6 nitrogen and oxygen atoms in total. The highest BCUT2D eigenvalue weighted by Crippen LogP contribution is 2.18. The molecular formula is C20H17FN4O2. The summed E-state index contributed by atoms with van der Waals surface area (Å²) in [6.45, 7) is 0.382. The van der Waals surface area contributed by atoms with Gasteiger partial charge in [-0.25, -0.2) is 9.07 Å². The van der Waals surface area contributed by atoms with E-state index < -0.39 is 6.10 Å². The predicted octanol–water partition coefficient (Wildman–Crippen LogP) is 2.82. The smallest absolute Gasteiger partial charge is 0.264 e. The van der Waals surface area contributed by atoms with Crippen LogP contribution < -0.4 is 5.32 Å². The number of aromatic nitrogens is 2. The summed E-state index contributed by atoms with van der Waals surface area (Å²) in [5.74, 6) is -0.594. The van der Waals surface area contributed by atoms with Gasteiger partial charge in [0.05, 0.1) is 11.4 Å². The first-order chi connectivity index (χ1) is 13.2. The van der Waals surface area contributed by atoms with E-state index in [1.807, 2.05) is 36.5 Å². The van der Waals surface area contributed by atoms with E-state index in [9.17, 15) is 9.18 Å². The molecule has 0 saturated heterocycles. The normalized spacial score (nSPS) is 15.9. The zero-order valence-corrected chi connectivity index (χ0v) is 14.4. The Labute approximate surface area is 155 Å². The van der Waals surface area contributed by atoms with E-state index in [2.05, 4.69) is 15.6 Å². The van der Waals surface area contributed by atoms with Gasteiger partial charge in [0, 0.05) is 30.9 Å². The fourth-order valence-electron chi connectivity index (χ4n) is 2.85. The van der Waals surface area contributed by atoms with Gasteiger partial charge in [-0.3, -0.25) is 4.79 Å². The minimum absolute atomic E-state index is 0.249. The Bertz CT molecular complexity index is 968. The molecule has 1 aromatic heterocycles. The minimum Gasteiger partial charge on any atom is -0.382 e. The van der Waals surface area contributed by atoms with Crippen molar-refractivity contribution < 1.29 is 14.0 Å². The van der Waals surface area contributed by atoms with Gasteiger partial charge in [0.1, 0.15) is 5.82 Å². The molecule has 2 aromatic carbocycles. The summed E-state index contributed by atoms with van der Waals surface area (Å²) in [6, 6.07) is 15.7. The highest BCUT2D eigenvalue weighted by atomic mass is 19.1. The van der Waals surface area contributed by atoms with Gasteiger partial charge in [0.2, 0.25) is 6.10 Å². The van der Waals surface area contributed by atoms with Gasteiger partial charge in [-0.15, -0.1) is 0 Å². The Balaban J connectivity index is 1.31. The molecule has 0 fully saturated rings. The molecule has 1 amide bonds. The summed E-state index contributed by atoms with van der Waals surface area (Å²) >= 11 is 0. The fourth-order valence-corrected chi connectivity index (χ4v) is 2.85. The number of hydrogen-bond donors (Lipinski definition) is 1. The van der Waals surface area contributed by atoms with E-state index in [1.54, 1.807) is 23.0 Å². The number of carbonyl (C=O) groups is 1. The van der Waals surface area contributed by atoms with Crippen LogP contribution >= 0.6 is 0 Å². The lowest BCUT2D eigenvalue weighted by molar-refractivity contribution is -0.131. The van der Waals surface area contributed by atoms with Crippen LogP contribution in [0.1, 0.15) is 17.5 Å². The van der Waals surface area contributed by atoms with E-state index in [1.165, 1.54) is 12.1 Å². The van der Waals surface area contributed by atoms with Crippen LogP contribution in [0.5, 0.6) is 0 Å². The van der Waals surface area contributed by atoms with E-state index >= 15 is 0 Å². The van der Waals surface area contributed by atoms with Crippen LogP contribution in [0, 0.1) is 5.82 Å². The van der Waals surface area contributed by atoms with Crippen LogP contribution in [0.4, 0.5) is 4.39 Å². The van der Waals surface area contributed by atoms with Crippen molar-refractivity contribution in [2.24, 2.45) is 5.16 Å². The van der Waals surface area contributed by atoms with Crippen LogP contribution in [0.3, 0.4) is 0 Å². The molecule has 136 valence electrons. The van der Waals surface area contributed by atoms with Crippen molar-refractivity contribution in [1.82, 2.24) is 15.1 Å². The maximum Gasteiger partial charge on any atom is 0.264 e. The van der Waals surface area contributed by atoms with Crippen LogP contribution in [0.2, 0.25) is 0 Å². The molecule has 1 aliphatic rings. The average molecular weight is 364 g/mol. The molecule has 0 bridgehead atoms. The summed E-state index contributed by atoms with van der Waals surface area (Å²) in [5.41, 5.74) is 3.10. The Morgan fingerprint density at radius 1 is 1.22 bits per heavy atom. The fraction of sp³-hybridized carbons (Fsp3) is 0.150. The number of halogens is 1. The van der Waals surface area contributed by atoms with Crippen LogP contribution in [0.25, 0.3) is 5.69 Å². The summed E-state index contributed by atoms with van der Waals surface area (Å²) in [5, 5.41) is 10.9. The molecule has 1 N–H and O–H groups in total. The van der Waals surface area contributed by atoms with Crippen molar-refractivity contribution in [2.75, 3.05) is 0 Å². The third kappa shape index (κ3) is 3.87. The van der Waals surface area contributed by atoms with E-state index in [0.29, 0.717) is 24.2 Å². The third-order valence-corrected chi connectivity index (χ3v) is 4.29. The van der Waals surface area contributed by atoms with Gasteiger partial charge in [0.15, 0.2) is 0 Å². The molecule has 27 heavy (non-hydrogen) atoms. The topological polar surface area (TPSA) is 68.5 Å². The molecule has 0 saturated carbocycles. The highest BCUT2D eigenvalue weighted by Gasteiger charge is 2.28. The molecule has 0 aliphatic carbocycles. The van der Waals surface area contributed by atoms with Crippen LogP contribution in [0.15, 0.2) is 72.1 Å². The van der Waals surface area contributed by atoms with Crippen molar-refractivity contribution in [1.29, 1.82) is 0 Å². The van der Waals surface area contributed by atoms with Crippen molar-refractivity contribution in [2.45, 2.75) is 19.1 Å². The van der Waals surface area contributed by atoms with Gasteiger partial charge < -0.3 is 10.2 Å². The molecule has 1 aliphatic heterocycles. The lowest BCUT2D eigenvalue weighted by Crippen LogP contribution is -2.34. The lowest BCUT2D eigenvalue weighted by Gasteiger charge is -2.10. The first-order valence-electron chi connectivity index (χ1n) is 8.54. The number of rotatable bonds is 5. The number of nitrogens with one attached hydrogen (secondary N) is 1. The Kier molecular flexibility index (Phi) is 4.65. The number of oxime groups is 1. The lowest BCUT2D eigenvalue weighted by atomic mass is 10.0. The monoisotopic (exact) mass is 364 g/mol. The SMILES string of the molecule is O=C(NCc1ccc(-n2cccn2)cc1)[C@@H]1CC(c2cccc(F)c2)=NO1. The standard InChI is InChI=1S/C20H17FN4O2/c21-16-4-1-3-15(11-16)18-12-19(27-24-18)20(26)22-13-14-5-7-17(8-6-14)25-10-2-9-23-25/h1-11,19H,12-13H2,(H,22,26)/t19-/m0/s1. The number of carbonyl (C=O) groups excluding carboxylic acids is 1. The second-order valence-electron chi connectivity index (χ2n) is 6.18.